The number of carbonyl (C=O) groups is 2. The number of benzene rings is 1. The first-order valence-corrected chi connectivity index (χ1v) is 7.15. The van der Waals surface area contributed by atoms with Gasteiger partial charge in [0.1, 0.15) is 11.5 Å². The van der Waals surface area contributed by atoms with Crippen LogP contribution in [0.1, 0.15) is 43.5 Å². The van der Waals surface area contributed by atoms with E-state index in [-0.39, 0.29) is 17.7 Å². The van der Waals surface area contributed by atoms with E-state index in [1.54, 1.807) is 13.0 Å². The smallest absolute Gasteiger partial charge is 0.257 e. The zero-order chi connectivity index (χ0) is 14.5. The lowest BCUT2D eigenvalue weighted by Crippen LogP contribution is -2.36. The van der Waals surface area contributed by atoms with Crippen molar-refractivity contribution in [2.24, 2.45) is 0 Å². The van der Waals surface area contributed by atoms with Crippen molar-refractivity contribution in [3.05, 3.63) is 29.8 Å². The summed E-state index contributed by atoms with van der Waals surface area (Å²) in [7, 11) is 0. The molecule has 0 saturated carbocycles. The van der Waals surface area contributed by atoms with Crippen LogP contribution >= 0.6 is 0 Å². The molecule has 0 spiro atoms. The van der Waals surface area contributed by atoms with E-state index in [9.17, 15) is 9.59 Å². The number of rotatable bonds is 5. The molecule has 0 aromatic heterocycles. The number of likely N-dealkylation sites (tertiary alicyclic amines) is 1. The number of hydrogen-bond acceptors (Lipinski definition) is 3. The lowest BCUT2D eigenvalue weighted by atomic mass is 10.1. The Balaban J connectivity index is 2.20. The van der Waals surface area contributed by atoms with Gasteiger partial charge < -0.3 is 9.64 Å². The van der Waals surface area contributed by atoms with Crippen LogP contribution in [0.25, 0.3) is 0 Å². The molecule has 20 heavy (non-hydrogen) atoms. The third-order valence-corrected chi connectivity index (χ3v) is 3.58. The van der Waals surface area contributed by atoms with Crippen LogP contribution in [0.3, 0.4) is 0 Å². The molecule has 1 heterocycles. The van der Waals surface area contributed by atoms with Gasteiger partial charge >= 0.3 is 0 Å². The van der Waals surface area contributed by atoms with Crippen LogP contribution in [0.4, 0.5) is 0 Å². The molecule has 4 nitrogen and oxygen atoms in total. The second kappa shape index (κ2) is 6.55. The summed E-state index contributed by atoms with van der Waals surface area (Å²) >= 11 is 0. The number of ether oxygens (including phenoxy) is 1. The molecule has 0 bridgehead atoms. The van der Waals surface area contributed by atoms with E-state index < -0.39 is 0 Å². The van der Waals surface area contributed by atoms with Gasteiger partial charge in [-0.25, -0.2) is 0 Å². The minimum atomic E-state index is -0.0298. The SMILES string of the molecule is CCOc1ccccc1C(=O)N1CCCC1CC(C)=O. The molecule has 2 rings (SSSR count). The first-order chi connectivity index (χ1) is 9.63. The Morgan fingerprint density at radius 1 is 1.35 bits per heavy atom. The van der Waals surface area contributed by atoms with Gasteiger partial charge in [0.25, 0.3) is 5.91 Å². The van der Waals surface area contributed by atoms with E-state index in [0.717, 1.165) is 19.4 Å². The predicted octanol–water partition coefficient (Wildman–Crippen LogP) is 2.67. The Morgan fingerprint density at radius 2 is 2.10 bits per heavy atom. The molecular formula is C16H21NO3. The van der Waals surface area contributed by atoms with Gasteiger partial charge in [0, 0.05) is 19.0 Å². The molecular weight excluding hydrogens is 254 g/mol. The monoisotopic (exact) mass is 275 g/mol. The Bertz CT molecular complexity index is 498. The van der Waals surface area contributed by atoms with Crippen LogP contribution in [0, 0.1) is 0 Å². The number of ketones is 1. The molecule has 4 heteroatoms. The lowest BCUT2D eigenvalue weighted by molar-refractivity contribution is -0.117. The van der Waals surface area contributed by atoms with Gasteiger partial charge in [-0.05, 0) is 38.8 Å². The van der Waals surface area contributed by atoms with Crippen molar-refractivity contribution in [3.8, 4) is 5.75 Å². The van der Waals surface area contributed by atoms with Crippen molar-refractivity contribution in [2.75, 3.05) is 13.2 Å². The molecule has 1 amide bonds. The normalized spacial score (nSPS) is 18.1. The fourth-order valence-corrected chi connectivity index (χ4v) is 2.73. The third-order valence-electron chi connectivity index (χ3n) is 3.58. The Hall–Kier alpha value is -1.84. The topological polar surface area (TPSA) is 46.6 Å². The van der Waals surface area contributed by atoms with Crippen LogP contribution in [-0.4, -0.2) is 35.8 Å². The van der Waals surface area contributed by atoms with Gasteiger partial charge in [0.05, 0.1) is 12.2 Å². The van der Waals surface area contributed by atoms with Crippen molar-refractivity contribution < 1.29 is 14.3 Å². The quantitative estimate of drug-likeness (QED) is 0.830. The Labute approximate surface area is 119 Å². The standard InChI is InChI=1S/C16H21NO3/c1-3-20-15-9-5-4-8-14(15)16(19)17-10-6-7-13(17)11-12(2)18/h4-5,8-9,13H,3,6-7,10-11H2,1-2H3. The van der Waals surface area contributed by atoms with Gasteiger partial charge in [-0.1, -0.05) is 12.1 Å². The van der Waals surface area contributed by atoms with Crippen molar-refractivity contribution in [1.82, 2.24) is 4.90 Å². The van der Waals surface area contributed by atoms with E-state index >= 15 is 0 Å². The Kier molecular flexibility index (Phi) is 4.77. The summed E-state index contributed by atoms with van der Waals surface area (Å²) < 4.78 is 5.52. The molecule has 1 aromatic carbocycles. The molecule has 1 unspecified atom stereocenters. The van der Waals surface area contributed by atoms with Crippen molar-refractivity contribution >= 4 is 11.7 Å². The number of para-hydroxylation sites is 1. The van der Waals surface area contributed by atoms with Crippen molar-refractivity contribution in [3.63, 3.8) is 0 Å². The molecule has 0 N–H and O–H groups in total. The summed E-state index contributed by atoms with van der Waals surface area (Å²) in [6.07, 6.45) is 2.31. The van der Waals surface area contributed by atoms with Crippen LogP contribution < -0.4 is 4.74 Å². The van der Waals surface area contributed by atoms with Crippen LogP contribution in [0.5, 0.6) is 5.75 Å². The zero-order valence-corrected chi connectivity index (χ0v) is 12.1. The first kappa shape index (κ1) is 14.6. The fourth-order valence-electron chi connectivity index (χ4n) is 2.73. The highest BCUT2D eigenvalue weighted by Gasteiger charge is 2.31. The van der Waals surface area contributed by atoms with E-state index in [1.807, 2.05) is 30.0 Å². The lowest BCUT2D eigenvalue weighted by Gasteiger charge is -2.24. The summed E-state index contributed by atoms with van der Waals surface area (Å²) in [5.41, 5.74) is 0.588. The van der Waals surface area contributed by atoms with Crippen LogP contribution in [0.2, 0.25) is 0 Å². The molecule has 108 valence electrons. The van der Waals surface area contributed by atoms with Crippen molar-refractivity contribution in [2.45, 2.75) is 39.2 Å². The first-order valence-electron chi connectivity index (χ1n) is 7.15. The third kappa shape index (κ3) is 3.18. The fraction of sp³-hybridized carbons (Fsp3) is 0.500. The maximum absolute atomic E-state index is 12.7. The second-order valence-electron chi connectivity index (χ2n) is 5.13. The summed E-state index contributed by atoms with van der Waals surface area (Å²) in [6.45, 7) is 4.73. The van der Waals surface area contributed by atoms with Crippen molar-refractivity contribution in [1.29, 1.82) is 0 Å². The minimum absolute atomic E-state index is 0.0298. The average Bonchev–Trinajstić information content (AvgIpc) is 2.86. The highest BCUT2D eigenvalue weighted by atomic mass is 16.5. The van der Waals surface area contributed by atoms with E-state index in [2.05, 4.69) is 0 Å². The maximum Gasteiger partial charge on any atom is 0.257 e. The largest absolute Gasteiger partial charge is 0.493 e. The van der Waals surface area contributed by atoms with Gasteiger partial charge in [0.15, 0.2) is 0 Å². The predicted molar refractivity (Wildman–Crippen MR) is 77.0 cm³/mol. The summed E-state index contributed by atoms with van der Waals surface area (Å²) in [4.78, 5) is 25.8. The number of nitrogens with zero attached hydrogens (tertiary/aromatic N) is 1. The molecule has 1 atom stereocenters. The van der Waals surface area contributed by atoms with E-state index in [0.29, 0.717) is 24.3 Å². The molecule has 1 fully saturated rings. The van der Waals surface area contributed by atoms with Crippen LogP contribution in [0.15, 0.2) is 24.3 Å². The maximum atomic E-state index is 12.7. The highest BCUT2D eigenvalue weighted by molar-refractivity contribution is 5.97. The number of Topliss-reactive ketones (excluding diaryl/α,β-unsaturated/α-hetero) is 1. The molecule has 1 aliphatic rings. The zero-order valence-electron chi connectivity index (χ0n) is 12.1. The molecule has 1 aliphatic heterocycles. The molecule has 0 radical (unpaired) electrons. The van der Waals surface area contributed by atoms with E-state index in [4.69, 9.17) is 4.74 Å². The van der Waals surface area contributed by atoms with Gasteiger partial charge in [0.2, 0.25) is 0 Å². The average molecular weight is 275 g/mol. The summed E-state index contributed by atoms with van der Waals surface area (Å²) in [5.74, 6) is 0.721. The van der Waals surface area contributed by atoms with Crippen LogP contribution in [-0.2, 0) is 4.79 Å². The Morgan fingerprint density at radius 3 is 2.80 bits per heavy atom. The minimum Gasteiger partial charge on any atom is -0.493 e. The van der Waals surface area contributed by atoms with Gasteiger partial charge in [-0.2, -0.15) is 0 Å². The summed E-state index contributed by atoms with van der Waals surface area (Å²) in [5, 5.41) is 0. The second-order valence-corrected chi connectivity index (χ2v) is 5.13. The molecule has 0 aliphatic carbocycles. The van der Waals surface area contributed by atoms with E-state index in [1.165, 1.54) is 0 Å². The van der Waals surface area contributed by atoms with Gasteiger partial charge in [-0.15, -0.1) is 0 Å². The highest BCUT2D eigenvalue weighted by Crippen LogP contribution is 2.26. The summed E-state index contributed by atoms with van der Waals surface area (Å²) in [6, 6.07) is 7.34. The number of carbonyl (C=O) groups excluding carboxylic acids is 2. The molecule has 1 saturated heterocycles. The number of amides is 1. The van der Waals surface area contributed by atoms with Gasteiger partial charge in [-0.3, -0.25) is 9.59 Å². The molecule has 1 aromatic rings. The number of hydrogen-bond donors (Lipinski definition) is 0.